The molecule has 8 nitrogen and oxygen atoms in total. The largest absolute Gasteiger partial charge is 0.433 e. The lowest BCUT2D eigenvalue weighted by Crippen LogP contribution is -2.59. The van der Waals surface area contributed by atoms with Gasteiger partial charge >= 0.3 is 5.97 Å². The highest BCUT2D eigenvalue weighted by Crippen LogP contribution is 2.21. The molecule has 0 unspecified atom stereocenters. The molecule has 0 spiro atoms. The molecule has 1 saturated heterocycles. The SMILES string of the molecule is CC(=O)O[C@H]1O[C@H](CO)[C@@H](O)[C@H](O)[C@H]1O.O. The number of ether oxygens (including phenoxy) is 2. The Labute approximate surface area is 91.3 Å². The molecule has 0 aromatic carbocycles. The average Bonchev–Trinajstić information content (AvgIpc) is 2.18. The van der Waals surface area contributed by atoms with Crippen LogP contribution in [0.2, 0.25) is 0 Å². The molecule has 1 fully saturated rings. The lowest BCUT2D eigenvalue weighted by atomic mass is 9.99. The van der Waals surface area contributed by atoms with Crippen LogP contribution in [0.4, 0.5) is 0 Å². The molecule has 0 radical (unpaired) electrons. The van der Waals surface area contributed by atoms with E-state index in [1.807, 2.05) is 0 Å². The highest BCUT2D eigenvalue weighted by molar-refractivity contribution is 5.66. The average molecular weight is 240 g/mol. The van der Waals surface area contributed by atoms with Crippen molar-refractivity contribution in [1.82, 2.24) is 0 Å². The minimum absolute atomic E-state index is 0. The number of aliphatic hydroxyl groups is 4. The molecule has 6 N–H and O–H groups in total. The van der Waals surface area contributed by atoms with Gasteiger partial charge in [-0.3, -0.25) is 4.79 Å². The second-order valence-electron chi connectivity index (χ2n) is 3.31. The van der Waals surface area contributed by atoms with Crippen LogP contribution in [-0.2, 0) is 14.3 Å². The van der Waals surface area contributed by atoms with E-state index >= 15 is 0 Å². The van der Waals surface area contributed by atoms with Crippen LogP contribution in [0.3, 0.4) is 0 Å². The fourth-order valence-corrected chi connectivity index (χ4v) is 1.33. The lowest BCUT2D eigenvalue weighted by molar-refractivity contribution is -0.292. The van der Waals surface area contributed by atoms with E-state index in [9.17, 15) is 20.1 Å². The van der Waals surface area contributed by atoms with Crippen molar-refractivity contribution in [3.8, 4) is 0 Å². The predicted octanol–water partition coefficient (Wildman–Crippen LogP) is -3.48. The van der Waals surface area contributed by atoms with Crippen LogP contribution >= 0.6 is 0 Å². The highest BCUT2D eigenvalue weighted by Gasteiger charge is 2.44. The Balaban J connectivity index is 0.00000225. The molecule has 96 valence electrons. The first-order chi connectivity index (χ1) is 6.97. The van der Waals surface area contributed by atoms with E-state index in [1.54, 1.807) is 0 Å². The fourth-order valence-electron chi connectivity index (χ4n) is 1.33. The third kappa shape index (κ3) is 3.11. The van der Waals surface area contributed by atoms with Crippen LogP contribution in [0.5, 0.6) is 0 Å². The number of esters is 1. The number of rotatable bonds is 2. The molecule has 5 atom stereocenters. The maximum Gasteiger partial charge on any atom is 0.305 e. The maximum absolute atomic E-state index is 10.6. The van der Waals surface area contributed by atoms with Crippen molar-refractivity contribution in [3.63, 3.8) is 0 Å². The van der Waals surface area contributed by atoms with Crippen molar-refractivity contribution in [2.45, 2.75) is 37.6 Å². The summed E-state index contributed by atoms with van der Waals surface area (Å²) in [5.74, 6) is -0.695. The van der Waals surface area contributed by atoms with Gasteiger partial charge in [0.1, 0.15) is 24.4 Å². The first-order valence-electron chi connectivity index (χ1n) is 4.45. The molecule has 0 saturated carbocycles. The number of hydrogen-bond donors (Lipinski definition) is 4. The summed E-state index contributed by atoms with van der Waals surface area (Å²) >= 11 is 0. The van der Waals surface area contributed by atoms with Gasteiger partial charge in [0, 0.05) is 6.92 Å². The molecule has 1 aliphatic rings. The molecule has 0 aromatic heterocycles. The van der Waals surface area contributed by atoms with Crippen molar-refractivity contribution in [2.24, 2.45) is 0 Å². The van der Waals surface area contributed by atoms with E-state index in [4.69, 9.17) is 9.84 Å². The standard InChI is InChI=1S/C8H14O7.H2O/c1-3(10)14-8-7(13)6(12)5(11)4(2-9)15-8;/h4-9,11-13H,2H2,1H3;1H2/t4-,5-,6+,7-,8+;/m1./s1. The quantitative estimate of drug-likeness (QED) is 0.366. The van der Waals surface area contributed by atoms with Gasteiger partial charge in [-0.05, 0) is 0 Å². The van der Waals surface area contributed by atoms with Crippen LogP contribution in [-0.4, -0.2) is 69.2 Å². The number of carbonyl (C=O) groups is 1. The van der Waals surface area contributed by atoms with Crippen LogP contribution in [0.15, 0.2) is 0 Å². The van der Waals surface area contributed by atoms with Crippen molar-refractivity contribution >= 4 is 5.97 Å². The second-order valence-corrected chi connectivity index (χ2v) is 3.31. The molecule has 8 heteroatoms. The van der Waals surface area contributed by atoms with Crippen molar-refractivity contribution in [3.05, 3.63) is 0 Å². The van der Waals surface area contributed by atoms with Gasteiger partial charge in [-0.2, -0.15) is 0 Å². The topological polar surface area (TPSA) is 148 Å². The summed E-state index contributed by atoms with van der Waals surface area (Å²) < 4.78 is 9.45. The van der Waals surface area contributed by atoms with E-state index in [0.29, 0.717) is 0 Å². The summed E-state index contributed by atoms with van der Waals surface area (Å²) in [6.45, 7) is 0.560. The van der Waals surface area contributed by atoms with Crippen LogP contribution < -0.4 is 0 Å². The summed E-state index contributed by atoms with van der Waals surface area (Å²) in [6.07, 6.45) is -6.95. The molecule has 1 heterocycles. The number of hydrogen-bond acceptors (Lipinski definition) is 7. The van der Waals surface area contributed by atoms with E-state index in [1.165, 1.54) is 0 Å². The van der Waals surface area contributed by atoms with Gasteiger partial charge in [0.05, 0.1) is 6.61 Å². The first kappa shape index (κ1) is 15.2. The highest BCUT2D eigenvalue weighted by atomic mass is 16.7. The van der Waals surface area contributed by atoms with Crippen molar-refractivity contribution in [2.75, 3.05) is 6.61 Å². The van der Waals surface area contributed by atoms with Gasteiger partial charge in [-0.25, -0.2) is 0 Å². The van der Waals surface area contributed by atoms with Gasteiger partial charge in [0.25, 0.3) is 0 Å². The zero-order valence-electron chi connectivity index (χ0n) is 8.61. The van der Waals surface area contributed by atoms with Crippen LogP contribution in [0.25, 0.3) is 0 Å². The summed E-state index contributed by atoms with van der Waals surface area (Å²) in [5, 5.41) is 36.8. The minimum Gasteiger partial charge on any atom is -0.433 e. The molecule has 0 aromatic rings. The predicted molar refractivity (Wildman–Crippen MR) is 49.1 cm³/mol. The molecule has 0 amide bonds. The monoisotopic (exact) mass is 240 g/mol. The normalized spacial score (nSPS) is 38.7. The Morgan fingerprint density at radius 2 is 1.81 bits per heavy atom. The first-order valence-corrected chi connectivity index (χ1v) is 4.45. The molecule has 0 bridgehead atoms. The van der Waals surface area contributed by atoms with Crippen LogP contribution in [0, 0.1) is 0 Å². The third-order valence-electron chi connectivity index (χ3n) is 2.13. The van der Waals surface area contributed by atoms with E-state index in [2.05, 4.69) is 4.74 Å². The zero-order chi connectivity index (χ0) is 11.6. The number of aliphatic hydroxyl groups excluding tert-OH is 4. The van der Waals surface area contributed by atoms with E-state index in [-0.39, 0.29) is 5.48 Å². The van der Waals surface area contributed by atoms with E-state index in [0.717, 1.165) is 6.92 Å². The van der Waals surface area contributed by atoms with Crippen molar-refractivity contribution < 1.29 is 40.2 Å². The number of carbonyl (C=O) groups excluding carboxylic acids is 1. The minimum atomic E-state index is -1.54. The smallest absolute Gasteiger partial charge is 0.305 e. The molecule has 16 heavy (non-hydrogen) atoms. The summed E-state index contributed by atoms with van der Waals surface area (Å²) in [7, 11) is 0. The summed E-state index contributed by atoms with van der Waals surface area (Å²) in [5.41, 5.74) is 0. The van der Waals surface area contributed by atoms with Gasteiger partial charge in [-0.1, -0.05) is 0 Å². The Hall–Kier alpha value is -0.770. The van der Waals surface area contributed by atoms with Crippen LogP contribution in [0.1, 0.15) is 6.92 Å². The van der Waals surface area contributed by atoms with Gasteiger partial charge in [0.2, 0.25) is 6.29 Å². The van der Waals surface area contributed by atoms with Gasteiger partial charge < -0.3 is 35.4 Å². The molecule has 1 rings (SSSR count). The molecule has 0 aliphatic carbocycles. The van der Waals surface area contributed by atoms with Crippen molar-refractivity contribution in [1.29, 1.82) is 0 Å². The molecule has 1 aliphatic heterocycles. The Kier molecular flexibility index (Phi) is 5.79. The van der Waals surface area contributed by atoms with Gasteiger partial charge in [-0.15, -0.1) is 0 Å². The lowest BCUT2D eigenvalue weighted by Gasteiger charge is -2.38. The second kappa shape index (κ2) is 6.09. The Morgan fingerprint density at radius 1 is 1.25 bits per heavy atom. The molecular weight excluding hydrogens is 224 g/mol. The Bertz CT molecular complexity index is 230. The molecular formula is C8H16O8. The van der Waals surface area contributed by atoms with E-state index < -0.39 is 43.3 Å². The zero-order valence-corrected chi connectivity index (χ0v) is 8.61. The third-order valence-corrected chi connectivity index (χ3v) is 2.13. The summed E-state index contributed by atoms with van der Waals surface area (Å²) in [4.78, 5) is 10.6. The maximum atomic E-state index is 10.6. The Morgan fingerprint density at radius 3 is 2.25 bits per heavy atom. The summed E-state index contributed by atoms with van der Waals surface area (Å²) in [6, 6.07) is 0. The fraction of sp³-hybridized carbons (Fsp3) is 0.875. The van der Waals surface area contributed by atoms with Gasteiger partial charge in [0.15, 0.2) is 0 Å².